The van der Waals surface area contributed by atoms with Crippen LogP contribution in [0.25, 0.3) is 5.69 Å². The molecule has 0 bridgehead atoms. The number of aryl methyl sites for hydroxylation is 4. The minimum Gasteiger partial charge on any atom is -0.318 e. The number of hydrogen-bond acceptors (Lipinski definition) is 4. The fourth-order valence-electron chi connectivity index (χ4n) is 4.47. The van der Waals surface area contributed by atoms with Gasteiger partial charge >= 0.3 is 0 Å². The first-order valence-electron chi connectivity index (χ1n) is 12.4. The largest absolute Gasteiger partial charge is 0.318 e. The Kier molecular flexibility index (Phi) is 8.28. The third-order valence-electron chi connectivity index (χ3n) is 6.45. The number of rotatable bonds is 8. The van der Waals surface area contributed by atoms with Gasteiger partial charge in [-0.05, 0) is 82.6 Å². The van der Waals surface area contributed by atoms with Gasteiger partial charge in [0.15, 0.2) is 0 Å². The van der Waals surface area contributed by atoms with Gasteiger partial charge in [-0.15, -0.1) is 0 Å². The zero-order chi connectivity index (χ0) is 28.3. The van der Waals surface area contributed by atoms with Crippen LogP contribution in [-0.4, -0.2) is 31.7 Å². The van der Waals surface area contributed by atoms with Gasteiger partial charge in [0.25, 0.3) is 15.9 Å². The van der Waals surface area contributed by atoms with Crippen molar-refractivity contribution >= 4 is 39.4 Å². The molecule has 3 aromatic carbocycles. The van der Waals surface area contributed by atoms with Crippen LogP contribution >= 0.6 is 11.6 Å². The van der Waals surface area contributed by atoms with Crippen molar-refractivity contribution in [2.45, 2.75) is 39.5 Å². The number of anilines is 1. The van der Waals surface area contributed by atoms with E-state index < -0.39 is 22.5 Å². The SMILES string of the molecule is Cc1ccc(S(=O)(=O)N(CC(=O)N/N=C\c2cc(C)n(-c3ccc(C)cc3C)c2C)c2cccc(Cl)c2)cc1. The molecule has 0 saturated carbocycles. The summed E-state index contributed by atoms with van der Waals surface area (Å²) in [5, 5.41) is 4.49. The van der Waals surface area contributed by atoms with E-state index in [1.807, 2.05) is 26.8 Å². The highest BCUT2D eigenvalue weighted by Crippen LogP contribution is 2.26. The van der Waals surface area contributed by atoms with E-state index in [2.05, 4.69) is 47.1 Å². The van der Waals surface area contributed by atoms with Gasteiger partial charge < -0.3 is 4.57 Å². The summed E-state index contributed by atoms with van der Waals surface area (Å²) in [5.41, 5.74) is 9.95. The molecule has 0 fully saturated rings. The standard InChI is InChI=1S/C30H31ClN4O3S/c1-20-9-12-28(13-10-20)39(37,38)34(27-8-6-7-26(31)17-27)19-30(36)33-32-18-25-16-23(4)35(24(25)5)29-14-11-21(2)15-22(29)3/h6-18H,19H2,1-5H3,(H,33,36)/b32-18-. The van der Waals surface area contributed by atoms with Crippen molar-refractivity contribution in [3.63, 3.8) is 0 Å². The first-order chi connectivity index (χ1) is 18.5. The number of sulfonamides is 1. The van der Waals surface area contributed by atoms with E-state index in [9.17, 15) is 13.2 Å². The number of halogens is 1. The van der Waals surface area contributed by atoms with Crippen molar-refractivity contribution in [1.29, 1.82) is 0 Å². The lowest BCUT2D eigenvalue weighted by molar-refractivity contribution is -0.119. The zero-order valence-electron chi connectivity index (χ0n) is 22.6. The number of carbonyl (C=O) groups excluding carboxylic acids is 1. The highest BCUT2D eigenvalue weighted by molar-refractivity contribution is 7.92. The summed E-state index contributed by atoms with van der Waals surface area (Å²) in [4.78, 5) is 13.0. The molecule has 39 heavy (non-hydrogen) atoms. The monoisotopic (exact) mass is 562 g/mol. The number of hydrazone groups is 1. The van der Waals surface area contributed by atoms with Crippen LogP contribution in [-0.2, 0) is 14.8 Å². The summed E-state index contributed by atoms with van der Waals surface area (Å²) in [6.45, 7) is 9.54. The molecule has 0 aliphatic rings. The molecule has 1 N–H and O–H groups in total. The Labute approximate surface area is 234 Å². The van der Waals surface area contributed by atoms with Crippen LogP contribution in [0.5, 0.6) is 0 Å². The van der Waals surface area contributed by atoms with E-state index in [0.717, 1.165) is 38.1 Å². The molecule has 7 nitrogen and oxygen atoms in total. The normalized spacial score (nSPS) is 11.6. The van der Waals surface area contributed by atoms with Crippen LogP contribution in [0.2, 0.25) is 5.02 Å². The number of hydrogen-bond donors (Lipinski definition) is 1. The molecule has 0 atom stereocenters. The summed E-state index contributed by atoms with van der Waals surface area (Å²) < 4.78 is 30.2. The van der Waals surface area contributed by atoms with E-state index in [-0.39, 0.29) is 10.6 Å². The fraction of sp³-hybridized carbons (Fsp3) is 0.200. The molecule has 4 aromatic rings. The summed E-state index contributed by atoms with van der Waals surface area (Å²) in [6.07, 6.45) is 1.57. The van der Waals surface area contributed by atoms with E-state index >= 15 is 0 Å². The second-order valence-corrected chi connectivity index (χ2v) is 11.8. The maximum absolute atomic E-state index is 13.5. The van der Waals surface area contributed by atoms with Crippen LogP contribution in [0.3, 0.4) is 0 Å². The number of benzene rings is 3. The van der Waals surface area contributed by atoms with Crippen molar-refractivity contribution in [2.24, 2.45) is 5.10 Å². The number of nitrogens with one attached hydrogen (secondary N) is 1. The van der Waals surface area contributed by atoms with Gasteiger partial charge in [0.05, 0.1) is 16.8 Å². The molecule has 4 rings (SSSR count). The van der Waals surface area contributed by atoms with Gasteiger partial charge in [-0.2, -0.15) is 5.10 Å². The smallest absolute Gasteiger partial charge is 0.264 e. The lowest BCUT2D eigenvalue weighted by Gasteiger charge is -2.24. The van der Waals surface area contributed by atoms with Crippen LogP contribution in [0.15, 0.2) is 82.8 Å². The summed E-state index contributed by atoms with van der Waals surface area (Å²) >= 11 is 6.14. The molecule has 0 aliphatic carbocycles. The van der Waals surface area contributed by atoms with E-state index in [1.165, 1.54) is 23.8 Å². The van der Waals surface area contributed by atoms with Crippen LogP contribution in [0.1, 0.15) is 33.6 Å². The lowest BCUT2D eigenvalue weighted by Crippen LogP contribution is -2.39. The molecule has 0 spiro atoms. The highest BCUT2D eigenvalue weighted by atomic mass is 35.5. The Bertz CT molecular complexity index is 1660. The Morgan fingerprint density at radius 3 is 2.31 bits per heavy atom. The molecule has 1 aromatic heterocycles. The minimum absolute atomic E-state index is 0.0724. The number of amides is 1. The average molecular weight is 563 g/mol. The van der Waals surface area contributed by atoms with Crippen LogP contribution in [0, 0.1) is 34.6 Å². The van der Waals surface area contributed by atoms with Crippen LogP contribution < -0.4 is 9.73 Å². The van der Waals surface area contributed by atoms with E-state index in [0.29, 0.717) is 5.02 Å². The highest BCUT2D eigenvalue weighted by Gasteiger charge is 2.27. The molecule has 9 heteroatoms. The first kappa shape index (κ1) is 28.1. The van der Waals surface area contributed by atoms with Crippen molar-refractivity contribution in [3.8, 4) is 5.69 Å². The fourth-order valence-corrected chi connectivity index (χ4v) is 6.07. The van der Waals surface area contributed by atoms with Gasteiger partial charge in [0, 0.05) is 27.7 Å². The molecule has 202 valence electrons. The third-order valence-corrected chi connectivity index (χ3v) is 8.47. The summed E-state index contributed by atoms with van der Waals surface area (Å²) in [7, 11) is -4.05. The Morgan fingerprint density at radius 2 is 1.64 bits per heavy atom. The first-order valence-corrected chi connectivity index (χ1v) is 14.2. The van der Waals surface area contributed by atoms with Gasteiger partial charge in [0.1, 0.15) is 6.54 Å². The molecule has 1 amide bonds. The van der Waals surface area contributed by atoms with Crippen molar-refractivity contribution < 1.29 is 13.2 Å². The third kappa shape index (κ3) is 6.24. The second kappa shape index (κ2) is 11.5. The van der Waals surface area contributed by atoms with Crippen molar-refractivity contribution in [2.75, 3.05) is 10.8 Å². The summed E-state index contributed by atoms with van der Waals surface area (Å²) in [5.74, 6) is -0.593. The Morgan fingerprint density at radius 1 is 0.949 bits per heavy atom. The molecule has 0 unspecified atom stereocenters. The van der Waals surface area contributed by atoms with E-state index in [1.54, 1.807) is 36.5 Å². The second-order valence-electron chi connectivity index (χ2n) is 9.55. The van der Waals surface area contributed by atoms with Gasteiger partial charge in [-0.25, -0.2) is 13.8 Å². The molecule has 0 radical (unpaired) electrons. The van der Waals surface area contributed by atoms with Crippen molar-refractivity contribution in [3.05, 3.63) is 111 Å². The lowest BCUT2D eigenvalue weighted by atomic mass is 10.1. The minimum atomic E-state index is -4.05. The number of nitrogens with zero attached hydrogens (tertiary/aromatic N) is 3. The van der Waals surface area contributed by atoms with Crippen molar-refractivity contribution in [1.82, 2.24) is 9.99 Å². The Balaban J connectivity index is 1.56. The van der Waals surface area contributed by atoms with E-state index in [4.69, 9.17) is 11.6 Å². The predicted molar refractivity (Wildman–Crippen MR) is 158 cm³/mol. The maximum atomic E-state index is 13.5. The predicted octanol–water partition coefficient (Wildman–Crippen LogP) is 6.02. The van der Waals surface area contributed by atoms with Crippen LogP contribution in [0.4, 0.5) is 5.69 Å². The summed E-state index contributed by atoms with van der Waals surface area (Å²) in [6, 6.07) is 21.1. The van der Waals surface area contributed by atoms with Gasteiger partial charge in [-0.1, -0.05) is 53.1 Å². The number of aromatic nitrogens is 1. The molecule has 1 heterocycles. The maximum Gasteiger partial charge on any atom is 0.264 e. The van der Waals surface area contributed by atoms with Gasteiger partial charge in [0.2, 0.25) is 0 Å². The van der Waals surface area contributed by atoms with Gasteiger partial charge in [-0.3, -0.25) is 9.10 Å². The molecule has 0 saturated heterocycles. The average Bonchev–Trinajstić information content (AvgIpc) is 3.15. The Hall–Kier alpha value is -3.88. The molecule has 0 aliphatic heterocycles. The number of carbonyl (C=O) groups is 1. The zero-order valence-corrected chi connectivity index (χ0v) is 24.1. The molecular formula is C30H31ClN4O3S. The molecular weight excluding hydrogens is 532 g/mol. The quantitative estimate of drug-likeness (QED) is 0.210. The topological polar surface area (TPSA) is 83.8 Å².